The van der Waals surface area contributed by atoms with Gasteiger partial charge >= 0.3 is 0 Å². The third-order valence-corrected chi connectivity index (χ3v) is 1.24. The van der Waals surface area contributed by atoms with Crippen molar-refractivity contribution >= 4 is 5.82 Å². The Morgan fingerprint density at radius 2 is 2.42 bits per heavy atom. The molecule has 0 saturated carbocycles. The first kappa shape index (κ1) is 8.57. The second-order valence-corrected chi connectivity index (χ2v) is 2.21. The fraction of sp³-hybridized carbons (Fsp3) is 0.222. The Labute approximate surface area is 71.6 Å². The molecule has 2 N–H and O–H groups in total. The van der Waals surface area contributed by atoms with E-state index in [0.717, 1.165) is 5.56 Å². The van der Waals surface area contributed by atoms with Crippen molar-refractivity contribution in [3.05, 3.63) is 23.9 Å². The number of ether oxygens (including phenoxy) is 1. The minimum Gasteiger partial charge on any atom is -0.384 e. The average Bonchev–Trinajstić information content (AvgIpc) is 2.09. The lowest BCUT2D eigenvalue weighted by molar-refractivity contribution is 0.240. The SMILES string of the molecule is COCC#Cc1ccc(N)nc1. The molecule has 0 fully saturated rings. The molecule has 1 aromatic heterocycles. The van der Waals surface area contributed by atoms with Crippen LogP contribution in [-0.2, 0) is 4.74 Å². The second-order valence-electron chi connectivity index (χ2n) is 2.21. The fourth-order valence-electron chi connectivity index (χ4n) is 0.690. The zero-order chi connectivity index (χ0) is 8.81. The van der Waals surface area contributed by atoms with Gasteiger partial charge in [-0.15, -0.1) is 0 Å². The topological polar surface area (TPSA) is 48.1 Å². The summed E-state index contributed by atoms with van der Waals surface area (Å²) >= 11 is 0. The summed E-state index contributed by atoms with van der Waals surface area (Å²) in [4.78, 5) is 3.89. The van der Waals surface area contributed by atoms with Gasteiger partial charge in [0.15, 0.2) is 0 Å². The summed E-state index contributed by atoms with van der Waals surface area (Å²) in [5, 5.41) is 0. The summed E-state index contributed by atoms with van der Waals surface area (Å²) in [6.07, 6.45) is 1.64. The molecule has 0 aromatic carbocycles. The van der Waals surface area contributed by atoms with Crippen LogP contribution in [0.4, 0.5) is 5.82 Å². The molecule has 0 aliphatic rings. The lowest BCUT2D eigenvalue weighted by atomic mass is 10.3. The zero-order valence-electron chi connectivity index (χ0n) is 6.87. The maximum atomic E-state index is 5.40. The van der Waals surface area contributed by atoms with E-state index in [1.165, 1.54) is 0 Å². The first-order chi connectivity index (χ1) is 5.83. The van der Waals surface area contributed by atoms with E-state index in [-0.39, 0.29) is 0 Å². The van der Waals surface area contributed by atoms with Crippen LogP contribution in [0, 0.1) is 11.8 Å². The number of nitrogen functional groups attached to an aromatic ring is 1. The normalized spacial score (nSPS) is 8.75. The van der Waals surface area contributed by atoms with E-state index in [2.05, 4.69) is 16.8 Å². The van der Waals surface area contributed by atoms with Crippen molar-refractivity contribution in [2.75, 3.05) is 19.5 Å². The quantitative estimate of drug-likeness (QED) is 0.617. The van der Waals surface area contributed by atoms with Gasteiger partial charge in [-0.25, -0.2) is 4.98 Å². The van der Waals surface area contributed by atoms with Gasteiger partial charge in [0.05, 0.1) is 0 Å². The highest BCUT2D eigenvalue weighted by molar-refractivity contribution is 5.37. The summed E-state index contributed by atoms with van der Waals surface area (Å²) in [5.74, 6) is 6.20. The van der Waals surface area contributed by atoms with E-state index >= 15 is 0 Å². The maximum absolute atomic E-state index is 5.40. The fourth-order valence-corrected chi connectivity index (χ4v) is 0.690. The number of hydrogen-bond acceptors (Lipinski definition) is 3. The van der Waals surface area contributed by atoms with E-state index < -0.39 is 0 Å². The van der Waals surface area contributed by atoms with Crippen molar-refractivity contribution in [3.8, 4) is 11.8 Å². The van der Waals surface area contributed by atoms with E-state index in [9.17, 15) is 0 Å². The van der Waals surface area contributed by atoms with Crippen LogP contribution in [0.5, 0.6) is 0 Å². The first-order valence-corrected chi connectivity index (χ1v) is 3.52. The molecule has 0 radical (unpaired) electrons. The summed E-state index contributed by atoms with van der Waals surface area (Å²) in [6.45, 7) is 0.435. The molecule has 0 amide bonds. The molecule has 0 spiro atoms. The average molecular weight is 162 g/mol. The van der Waals surface area contributed by atoms with Crippen molar-refractivity contribution in [1.82, 2.24) is 4.98 Å². The van der Waals surface area contributed by atoms with Crippen molar-refractivity contribution in [2.24, 2.45) is 0 Å². The standard InChI is InChI=1S/C9H10N2O/c1-12-6-2-3-8-4-5-9(10)11-7-8/h4-5,7H,6H2,1H3,(H2,10,11). The summed E-state index contributed by atoms with van der Waals surface area (Å²) < 4.78 is 4.77. The monoisotopic (exact) mass is 162 g/mol. The molecule has 1 rings (SSSR count). The number of nitrogens with zero attached hydrogens (tertiary/aromatic N) is 1. The molecule has 3 nitrogen and oxygen atoms in total. The molecule has 0 unspecified atom stereocenters. The van der Waals surface area contributed by atoms with E-state index in [0.29, 0.717) is 12.4 Å². The van der Waals surface area contributed by atoms with Crippen LogP contribution in [0.1, 0.15) is 5.56 Å². The van der Waals surface area contributed by atoms with E-state index in [4.69, 9.17) is 10.5 Å². The van der Waals surface area contributed by atoms with Gasteiger partial charge in [0.1, 0.15) is 12.4 Å². The molecule has 0 aliphatic heterocycles. The van der Waals surface area contributed by atoms with Gasteiger partial charge in [0, 0.05) is 18.9 Å². The maximum Gasteiger partial charge on any atom is 0.123 e. The Morgan fingerprint density at radius 3 is 3.00 bits per heavy atom. The van der Waals surface area contributed by atoms with E-state index in [1.54, 1.807) is 19.4 Å². The molecule has 1 heterocycles. The van der Waals surface area contributed by atoms with Gasteiger partial charge in [0.25, 0.3) is 0 Å². The van der Waals surface area contributed by atoms with Crippen molar-refractivity contribution in [3.63, 3.8) is 0 Å². The van der Waals surface area contributed by atoms with Crippen LogP contribution in [0.25, 0.3) is 0 Å². The molecule has 0 saturated heterocycles. The zero-order valence-corrected chi connectivity index (χ0v) is 6.87. The van der Waals surface area contributed by atoms with Gasteiger partial charge in [-0.1, -0.05) is 11.8 Å². The number of nitrogens with two attached hydrogens (primary N) is 1. The molecule has 0 atom stereocenters. The Hall–Kier alpha value is -1.53. The highest BCUT2D eigenvalue weighted by atomic mass is 16.5. The summed E-state index contributed by atoms with van der Waals surface area (Å²) in [5.41, 5.74) is 6.25. The van der Waals surface area contributed by atoms with Gasteiger partial charge in [-0.3, -0.25) is 0 Å². The molecular weight excluding hydrogens is 152 g/mol. The Morgan fingerprint density at radius 1 is 1.58 bits per heavy atom. The van der Waals surface area contributed by atoms with Gasteiger partial charge in [-0.05, 0) is 12.1 Å². The number of aromatic nitrogens is 1. The number of anilines is 1. The summed E-state index contributed by atoms with van der Waals surface area (Å²) in [7, 11) is 1.61. The highest BCUT2D eigenvalue weighted by Gasteiger charge is 1.86. The minimum absolute atomic E-state index is 0.435. The van der Waals surface area contributed by atoms with Gasteiger partial charge in [-0.2, -0.15) is 0 Å². The summed E-state index contributed by atoms with van der Waals surface area (Å²) in [6, 6.07) is 3.54. The Kier molecular flexibility index (Phi) is 3.12. The van der Waals surface area contributed by atoms with Crippen molar-refractivity contribution in [2.45, 2.75) is 0 Å². The van der Waals surface area contributed by atoms with Crippen LogP contribution in [0.15, 0.2) is 18.3 Å². The molecule has 3 heteroatoms. The molecule has 1 aromatic rings. The number of pyridine rings is 1. The lowest BCUT2D eigenvalue weighted by Gasteiger charge is -1.90. The predicted molar refractivity (Wildman–Crippen MR) is 47.4 cm³/mol. The lowest BCUT2D eigenvalue weighted by Crippen LogP contribution is -1.89. The first-order valence-electron chi connectivity index (χ1n) is 3.52. The van der Waals surface area contributed by atoms with Gasteiger partial charge in [0.2, 0.25) is 0 Å². The Balaban J connectivity index is 2.66. The van der Waals surface area contributed by atoms with Crippen molar-refractivity contribution in [1.29, 1.82) is 0 Å². The van der Waals surface area contributed by atoms with Crippen LogP contribution in [0.3, 0.4) is 0 Å². The Bertz CT molecular complexity index is 295. The smallest absolute Gasteiger partial charge is 0.123 e. The number of rotatable bonds is 1. The van der Waals surface area contributed by atoms with Crippen LogP contribution >= 0.6 is 0 Å². The molecule has 62 valence electrons. The molecule has 12 heavy (non-hydrogen) atoms. The van der Waals surface area contributed by atoms with Crippen LogP contribution in [0.2, 0.25) is 0 Å². The van der Waals surface area contributed by atoms with Crippen LogP contribution in [-0.4, -0.2) is 18.7 Å². The molecule has 0 aliphatic carbocycles. The molecular formula is C9H10N2O. The third-order valence-electron chi connectivity index (χ3n) is 1.24. The number of methoxy groups -OCH3 is 1. The van der Waals surface area contributed by atoms with Crippen molar-refractivity contribution < 1.29 is 4.74 Å². The third kappa shape index (κ3) is 2.60. The largest absolute Gasteiger partial charge is 0.384 e. The molecule has 0 bridgehead atoms. The second kappa shape index (κ2) is 4.37. The minimum atomic E-state index is 0.435. The van der Waals surface area contributed by atoms with E-state index in [1.807, 2.05) is 6.07 Å². The van der Waals surface area contributed by atoms with Gasteiger partial charge < -0.3 is 10.5 Å². The number of hydrogen-bond donors (Lipinski definition) is 1. The predicted octanol–water partition coefficient (Wildman–Crippen LogP) is 0.662. The van der Waals surface area contributed by atoms with Crippen LogP contribution < -0.4 is 5.73 Å². The highest BCUT2D eigenvalue weighted by Crippen LogP contribution is 1.98.